The molecule has 0 unspecified atom stereocenters. The largest absolute Gasteiger partial charge is 0.361 e. The van der Waals surface area contributed by atoms with Crippen LogP contribution in [0.4, 0.5) is 0 Å². The van der Waals surface area contributed by atoms with Crippen LogP contribution in [0.3, 0.4) is 0 Å². The molecular weight excluding hydrogens is 380 g/mol. The van der Waals surface area contributed by atoms with E-state index in [1.165, 1.54) is 16.7 Å². The van der Waals surface area contributed by atoms with Crippen LogP contribution in [-0.4, -0.2) is 17.4 Å². The van der Waals surface area contributed by atoms with Crippen molar-refractivity contribution >= 4 is 28.4 Å². The highest BCUT2D eigenvalue weighted by atomic mass is 35.5. The van der Waals surface area contributed by atoms with Crippen molar-refractivity contribution in [2.75, 3.05) is 6.54 Å². The minimum absolute atomic E-state index is 0.0511. The lowest BCUT2D eigenvalue weighted by molar-refractivity contribution is 0.0954. The summed E-state index contributed by atoms with van der Waals surface area (Å²) in [5.74, 6) is -0.0511. The standard InChI is InChI=1S/C25H23ClN2O/c1-17-2-4-18(5-3-17)14-19-6-8-20(9-7-19)25(29)27-13-12-21-16-28-24-11-10-22(26)15-23(21)24/h2-11,15-16,28H,12-14H2,1H3,(H,27,29). The molecule has 4 aromatic rings. The number of nitrogens with one attached hydrogen (secondary N) is 2. The zero-order valence-corrected chi connectivity index (χ0v) is 17.1. The quantitative estimate of drug-likeness (QED) is 0.427. The number of hydrogen-bond donors (Lipinski definition) is 2. The minimum Gasteiger partial charge on any atom is -0.361 e. The molecule has 4 rings (SSSR count). The van der Waals surface area contributed by atoms with Crippen molar-refractivity contribution in [2.24, 2.45) is 0 Å². The molecule has 0 aliphatic carbocycles. The van der Waals surface area contributed by atoms with Crippen molar-refractivity contribution in [3.05, 3.63) is 106 Å². The molecule has 3 aromatic carbocycles. The molecule has 0 bridgehead atoms. The van der Waals surface area contributed by atoms with Gasteiger partial charge in [-0.3, -0.25) is 4.79 Å². The number of hydrogen-bond acceptors (Lipinski definition) is 1. The first-order valence-electron chi connectivity index (χ1n) is 9.77. The van der Waals surface area contributed by atoms with Gasteiger partial charge in [0.2, 0.25) is 0 Å². The zero-order valence-electron chi connectivity index (χ0n) is 16.3. The molecule has 2 N–H and O–H groups in total. The van der Waals surface area contributed by atoms with E-state index in [2.05, 4.69) is 41.5 Å². The number of aryl methyl sites for hydroxylation is 1. The Morgan fingerprint density at radius 3 is 2.38 bits per heavy atom. The third-order valence-corrected chi connectivity index (χ3v) is 5.39. The van der Waals surface area contributed by atoms with Crippen LogP contribution in [0.15, 0.2) is 72.9 Å². The number of benzene rings is 3. The first kappa shape index (κ1) is 19.3. The van der Waals surface area contributed by atoms with E-state index in [1.807, 2.05) is 48.7 Å². The lowest BCUT2D eigenvalue weighted by Gasteiger charge is -2.07. The van der Waals surface area contributed by atoms with Crippen molar-refractivity contribution < 1.29 is 4.79 Å². The summed E-state index contributed by atoms with van der Waals surface area (Å²) in [5.41, 5.74) is 6.61. The molecule has 29 heavy (non-hydrogen) atoms. The summed E-state index contributed by atoms with van der Waals surface area (Å²) in [6.07, 6.45) is 3.59. The molecule has 0 saturated heterocycles. The van der Waals surface area contributed by atoms with E-state index in [0.717, 1.165) is 29.3 Å². The van der Waals surface area contributed by atoms with Gasteiger partial charge in [0, 0.05) is 34.2 Å². The van der Waals surface area contributed by atoms with Crippen molar-refractivity contribution in [1.82, 2.24) is 10.3 Å². The number of carbonyl (C=O) groups is 1. The Bertz CT molecular complexity index is 1130. The molecule has 1 amide bonds. The second-order valence-corrected chi connectivity index (χ2v) is 7.81. The fraction of sp³-hybridized carbons (Fsp3) is 0.160. The maximum absolute atomic E-state index is 12.5. The smallest absolute Gasteiger partial charge is 0.251 e. The Kier molecular flexibility index (Phi) is 5.68. The van der Waals surface area contributed by atoms with Gasteiger partial charge < -0.3 is 10.3 Å². The average molecular weight is 403 g/mol. The Balaban J connectivity index is 1.33. The summed E-state index contributed by atoms with van der Waals surface area (Å²) >= 11 is 6.10. The predicted octanol–water partition coefficient (Wildman–Crippen LogP) is 5.69. The molecule has 4 heteroatoms. The van der Waals surface area contributed by atoms with Crippen LogP contribution in [0.1, 0.15) is 32.6 Å². The van der Waals surface area contributed by atoms with Gasteiger partial charge in [-0.05, 0) is 66.8 Å². The molecule has 1 aromatic heterocycles. The van der Waals surface area contributed by atoms with Gasteiger partial charge >= 0.3 is 0 Å². The molecule has 0 aliphatic heterocycles. The number of carbonyl (C=O) groups excluding carboxylic acids is 1. The molecule has 146 valence electrons. The SMILES string of the molecule is Cc1ccc(Cc2ccc(C(=O)NCCc3c[nH]c4ccc(Cl)cc34)cc2)cc1. The first-order valence-corrected chi connectivity index (χ1v) is 10.1. The van der Waals surface area contributed by atoms with Gasteiger partial charge in [0.25, 0.3) is 5.91 Å². The van der Waals surface area contributed by atoms with Crippen LogP contribution in [0, 0.1) is 6.92 Å². The van der Waals surface area contributed by atoms with Gasteiger partial charge in [0.15, 0.2) is 0 Å². The number of fused-ring (bicyclic) bond motifs is 1. The Hall–Kier alpha value is -3.04. The summed E-state index contributed by atoms with van der Waals surface area (Å²) in [6, 6.07) is 22.2. The Morgan fingerprint density at radius 1 is 0.966 bits per heavy atom. The molecule has 0 saturated carbocycles. The van der Waals surface area contributed by atoms with Crippen LogP contribution in [0.2, 0.25) is 5.02 Å². The van der Waals surface area contributed by atoms with Gasteiger partial charge in [-0.25, -0.2) is 0 Å². The van der Waals surface area contributed by atoms with E-state index in [9.17, 15) is 4.79 Å². The normalized spacial score (nSPS) is 11.0. The van der Waals surface area contributed by atoms with Crippen molar-refractivity contribution in [1.29, 1.82) is 0 Å². The molecular formula is C25H23ClN2O. The second-order valence-electron chi connectivity index (χ2n) is 7.37. The van der Waals surface area contributed by atoms with E-state index in [1.54, 1.807) is 0 Å². The van der Waals surface area contributed by atoms with Crippen molar-refractivity contribution in [3.63, 3.8) is 0 Å². The third-order valence-electron chi connectivity index (χ3n) is 5.15. The van der Waals surface area contributed by atoms with Gasteiger partial charge in [0.05, 0.1) is 0 Å². The molecule has 0 spiro atoms. The van der Waals surface area contributed by atoms with Crippen LogP contribution >= 0.6 is 11.6 Å². The first-order chi connectivity index (χ1) is 14.1. The zero-order chi connectivity index (χ0) is 20.2. The van der Waals surface area contributed by atoms with Gasteiger partial charge in [0.1, 0.15) is 0 Å². The van der Waals surface area contributed by atoms with E-state index in [-0.39, 0.29) is 5.91 Å². The number of aromatic amines is 1. The molecule has 0 radical (unpaired) electrons. The topological polar surface area (TPSA) is 44.9 Å². The van der Waals surface area contributed by atoms with E-state index >= 15 is 0 Å². The van der Waals surface area contributed by atoms with E-state index in [0.29, 0.717) is 17.1 Å². The fourth-order valence-electron chi connectivity index (χ4n) is 3.49. The van der Waals surface area contributed by atoms with Crippen LogP contribution in [0.5, 0.6) is 0 Å². The number of rotatable bonds is 6. The number of halogens is 1. The second kappa shape index (κ2) is 8.54. The molecule has 0 aliphatic rings. The van der Waals surface area contributed by atoms with Crippen LogP contribution in [0.25, 0.3) is 10.9 Å². The molecule has 3 nitrogen and oxygen atoms in total. The monoisotopic (exact) mass is 402 g/mol. The molecule has 1 heterocycles. The maximum Gasteiger partial charge on any atom is 0.251 e. The summed E-state index contributed by atoms with van der Waals surface area (Å²) in [7, 11) is 0. The summed E-state index contributed by atoms with van der Waals surface area (Å²) < 4.78 is 0. The van der Waals surface area contributed by atoms with Gasteiger partial charge in [-0.2, -0.15) is 0 Å². The van der Waals surface area contributed by atoms with Crippen LogP contribution < -0.4 is 5.32 Å². The van der Waals surface area contributed by atoms with Gasteiger partial charge in [-0.1, -0.05) is 53.6 Å². The third kappa shape index (κ3) is 4.69. The molecule has 0 atom stereocenters. The van der Waals surface area contributed by atoms with E-state index < -0.39 is 0 Å². The molecule has 0 fully saturated rings. The average Bonchev–Trinajstić information content (AvgIpc) is 3.12. The summed E-state index contributed by atoms with van der Waals surface area (Å²) in [5, 5.41) is 4.83. The lowest BCUT2D eigenvalue weighted by atomic mass is 10.0. The summed E-state index contributed by atoms with van der Waals surface area (Å²) in [4.78, 5) is 15.7. The lowest BCUT2D eigenvalue weighted by Crippen LogP contribution is -2.25. The van der Waals surface area contributed by atoms with E-state index in [4.69, 9.17) is 11.6 Å². The van der Waals surface area contributed by atoms with Gasteiger partial charge in [-0.15, -0.1) is 0 Å². The maximum atomic E-state index is 12.5. The number of amides is 1. The minimum atomic E-state index is -0.0511. The fourth-order valence-corrected chi connectivity index (χ4v) is 3.66. The number of aromatic nitrogens is 1. The Labute approximate surface area is 175 Å². The summed E-state index contributed by atoms with van der Waals surface area (Å²) in [6.45, 7) is 2.66. The predicted molar refractivity (Wildman–Crippen MR) is 120 cm³/mol. The highest BCUT2D eigenvalue weighted by molar-refractivity contribution is 6.31. The van der Waals surface area contributed by atoms with Crippen molar-refractivity contribution in [2.45, 2.75) is 19.8 Å². The van der Waals surface area contributed by atoms with Crippen LogP contribution in [-0.2, 0) is 12.8 Å². The highest BCUT2D eigenvalue weighted by Crippen LogP contribution is 2.22. The van der Waals surface area contributed by atoms with Crippen molar-refractivity contribution in [3.8, 4) is 0 Å². The number of H-pyrrole nitrogens is 1. The Morgan fingerprint density at radius 2 is 1.66 bits per heavy atom. The highest BCUT2D eigenvalue weighted by Gasteiger charge is 2.08.